The Morgan fingerprint density at radius 3 is 2.82 bits per heavy atom. The first kappa shape index (κ1) is 7.66. The van der Waals surface area contributed by atoms with Gasteiger partial charge < -0.3 is 9.84 Å². The van der Waals surface area contributed by atoms with Crippen LogP contribution in [0.4, 0.5) is 0 Å². The topological polar surface area (TPSA) is 29.5 Å². The molecule has 0 amide bonds. The van der Waals surface area contributed by atoms with Crippen molar-refractivity contribution in [2.45, 2.75) is 0 Å². The average Bonchev–Trinajstić information content (AvgIpc) is 2.03. The van der Waals surface area contributed by atoms with E-state index in [1.165, 1.54) is 0 Å². The van der Waals surface area contributed by atoms with Gasteiger partial charge in [-0.05, 0) is 12.1 Å². The van der Waals surface area contributed by atoms with Crippen molar-refractivity contribution in [2.75, 3.05) is 7.11 Å². The van der Waals surface area contributed by atoms with Crippen molar-refractivity contribution in [1.82, 2.24) is 0 Å². The first-order chi connectivity index (χ1) is 5.24. The summed E-state index contributed by atoms with van der Waals surface area (Å²) in [7, 11) is 1.55. The number of phenolic OH excluding ortho intramolecular Hbond substituents is 1. The summed E-state index contributed by atoms with van der Waals surface area (Å²) in [5, 5.41) is 9.06. The SMILES string of the molecule is C=C(OC)c1cccc(O)c1. The van der Waals surface area contributed by atoms with E-state index < -0.39 is 0 Å². The van der Waals surface area contributed by atoms with Gasteiger partial charge in [0.15, 0.2) is 0 Å². The van der Waals surface area contributed by atoms with Crippen LogP contribution in [0.25, 0.3) is 5.76 Å². The normalized spacial score (nSPS) is 9.18. The van der Waals surface area contributed by atoms with E-state index in [2.05, 4.69) is 6.58 Å². The van der Waals surface area contributed by atoms with E-state index in [0.29, 0.717) is 5.76 Å². The molecule has 1 rings (SSSR count). The predicted octanol–water partition coefficient (Wildman–Crippen LogP) is 2.01. The molecule has 0 fully saturated rings. The maximum absolute atomic E-state index is 9.06. The Hall–Kier alpha value is -1.44. The Labute approximate surface area is 65.7 Å². The van der Waals surface area contributed by atoms with E-state index in [-0.39, 0.29) is 5.75 Å². The van der Waals surface area contributed by atoms with Gasteiger partial charge in [-0.3, -0.25) is 0 Å². The van der Waals surface area contributed by atoms with Gasteiger partial charge in [0.2, 0.25) is 0 Å². The maximum Gasteiger partial charge on any atom is 0.119 e. The molecule has 0 spiro atoms. The van der Waals surface area contributed by atoms with Crippen molar-refractivity contribution in [1.29, 1.82) is 0 Å². The highest BCUT2D eigenvalue weighted by Gasteiger charge is 1.97. The number of methoxy groups -OCH3 is 1. The van der Waals surface area contributed by atoms with Crippen LogP contribution in [0.15, 0.2) is 30.8 Å². The van der Waals surface area contributed by atoms with Crippen LogP contribution in [-0.2, 0) is 4.74 Å². The zero-order chi connectivity index (χ0) is 8.27. The van der Waals surface area contributed by atoms with Crippen molar-refractivity contribution in [3.8, 4) is 5.75 Å². The lowest BCUT2D eigenvalue weighted by atomic mass is 10.2. The highest BCUT2D eigenvalue weighted by atomic mass is 16.5. The highest BCUT2D eigenvalue weighted by molar-refractivity contribution is 5.58. The van der Waals surface area contributed by atoms with Crippen LogP contribution in [0.5, 0.6) is 5.75 Å². The molecule has 0 aliphatic carbocycles. The highest BCUT2D eigenvalue weighted by Crippen LogP contribution is 2.17. The summed E-state index contributed by atoms with van der Waals surface area (Å²) < 4.78 is 4.89. The molecule has 0 saturated carbocycles. The number of benzene rings is 1. The van der Waals surface area contributed by atoms with E-state index >= 15 is 0 Å². The Bertz CT molecular complexity index is 266. The predicted molar refractivity (Wildman–Crippen MR) is 44.1 cm³/mol. The molecule has 0 saturated heterocycles. The number of rotatable bonds is 2. The Morgan fingerprint density at radius 2 is 2.27 bits per heavy atom. The van der Waals surface area contributed by atoms with Crippen LogP contribution in [0.3, 0.4) is 0 Å². The van der Waals surface area contributed by atoms with E-state index in [1.54, 1.807) is 25.3 Å². The van der Waals surface area contributed by atoms with Crippen LogP contribution in [0, 0.1) is 0 Å². The van der Waals surface area contributed by atoms with Crippen molar-refractivity contribution >= 4 is 5.76 Å². The molecule has 0 aromatic heterocycles. The molecule has 1 aromatic rings. The van der Waals surface area contributed by atoms with E-state index in [1.807, 2.05) is 6.07 Å². The molecule has 0 aliphatic rings. The van der Waals surface area contributed by atoms with Crippen LogP contribution >= 0.6 is 0 Å². The largest absolute Gasteiger partial charge is 0.508 e. The third-order valence-corrected chi connectivity index (χ3v) is 1.41. The van der Waals surface area contributed by atoms with Gasteiger partial charge in [-0.1, -0.05) is 18.7 Å². The number of phenols is 1. The second-order valence-electron chi connectivity index (χ2n) is 2.18. The third kappa shape index (κ3) is 1.74. The first-order valence-corrected chi connectivity index (χ1v) is 3.26. The summed E-state index contributed by atoms with van der Waals surface area (Å²) in [5.41, 5.74) is 0.799. The first-order valence-electron chi connectivity index (χ1n) is 3.26. The summed E-state index contributed by atoms with van der Waals surface area (Å²) in [5.74, 6) is 0.779. The molecule has 0 atom stereocenters. The molecule has 58 valence electrons. The molecule has 1 N–H and O–H groups in total. The summed E-state index contributed by atoms with van der Waals surface area (Å²) in [4.78, 5) is 0. The standard InChI is InChI=1S/C9H10O2/c1-7(11-2)8-4-3-5-9(10)6-8/h3-6,10H,1H2,2H3. The van der Waals surface area contributed by atoms with Gasteiger partial charge in [-0.2, -0.15) is 0 Å². The zero-order valence-electron chi connectivity index (χ0n) is 6.37. The summed E-state index contributed by atoms with van der Waals surface area (Å²) in [6.07, 6.45) is 0. The van der Waals surface area contributed by atoms with Gasteiger partial charge in [0.05, 0.1) is 7.11 Å². The second-order valence-corrected chi connectivity index (χ2v) is 2.18. The quantitative estimate of drug-likeness (QED) is 0.653. The minimum atomic E-state index is 0.223. The van der Waals surface area contributed by atoms with Crippen LogP contribution in [0.1, 0.15) is 5.56 Å². The monoisotopic (exact) mass is 150 g/mol. The summed E-state index contributed by atoms with van der Waals surface area (Å²) in [6, 6.07) is 6.78. The van der Waals surface area contributed by atoms with Gasteiger partial charge in [0.25, 0.3) is 0 Å². The summed E-state index contributed by atoms with van der Waals surface area (Å²) in [6.45, 7) is 3.65. The molecule has 11 heavy (non-hydrogen) atoms. The van der Waals surface area contributed by atoms with E-state index in [0.717, 1.165) is 5.56 Å². The molecule has 0 bridgehead atoms. The van der Waals surface area contributed by atoms with Crippen molar-refractivity contribution < 1.29 is 9.84 Å². The number of hydrogen-bond donors (Lipinski definition) is 1. The van der Waals surface area contributed by atoms with Gasteiger partial charge >= 0.3 is 0 Å². The molecule has 0 unspecified atom stereocenters. The van der Waals surface area contributed by atoms with Crippen LogP contribution in [0.2, 0.25) is 0 Å². The molecular weight excluding hydrogens is 140 g/mol. The minimum Gasteiger partial charge on any atom is -0.508 e. The van der Waals surface area contributed by atoms with Crippen LogP contribution in [-0.4, -0.2) is 12.2 Å². The van der Waals surface area contributed by atoms with Gasteiger partial charge in [-0.25, -0.2) is 0 Å². The van der Waals surface area contributed by atoms with Gasteiger partial charge in [-0.15, -0.1) is 0 Å². The average molecular weight is 150 g/mol. The fourth-order valence-electron chi connectivity index (χ4n) is 0.797. The van der Waals surface area contributed by atoms with Crippen molar-refractivity contribution in [2.24, 2.45) is 0 Å². The second kappa shape index (κ2) is 3.10. The van der Waals surface area contributed by atoms with Gasteiger partial charge in [0, 0.05) is 5.56 Å². The Morgan fingerprint density at radius 1 is 1.55 bits per heavy atom. The van der Waals surface area contributed by atoms with E-state index in [4.69, 9.17) is 9.84 Å². The van der Waals surface area contributed by atoms with Gasteiger partial charge in [0.1, 0.15) is 11.5 Å². The molecule has 0 heterocycles. The van der Waals surface area contributed by atoms with Crippen molar-refractivity contribution in [3.05, 3.63) is 36.4 Å². The third-order valence-electron chi connectivity index (χ3n) is 1.41. The lowest BCUT2D eigenvalue weighted by Crippen LogP contribution is -1.83. The smallest absolute Gasteiger partial charge is 0.119 e. The van der Waals surface area contributed by atoms with Crippen LogP contribution < -0.4 is 0 Å². The summed E-state index contributed by atoms with van der Waals surface area (Å²) >= 11 is 0. The molecule has 2 nitrogen and oxygen atoms in total. The number of aromatic hydroxyl groups is 1. The molecule has 2 heteroatoms. The minimum absolute atomic E-state index is 0.223. The lowest BCUT2D eigenvalue weighted by Gasteiger charge is -2.03. The zero-order valence-corrected chi connectivity index (χ0v) is 6.37. The van der Waals surface area contributed by atoms with Crippen molar-refractivity contribution in [3.63, 3.8) is 0 Å². The molecule has 1 aromatic carbocycles. The fourth-order valence-corrected chi connectivity index (χ4v) is 0.797. The number of ether oxygens (including phenoxy) is 1. The number of hydrogen-bond acceptors (Lipinski definition) is 2. The Balaban J connectivity index is 2.96. The fraction of sp³-hybridized carbons (Fsp3) is 0.111. The van der Waals surface area contributed by atoms with E-state index in [9.17, 15) is 0 Å². The molecule has 0 radical (unpaired) electrons. The Kier molecular flexibility index (Phi) is 2.16. The maximum atomic E-state index is 9.06. The molecular formula is C9H10O2. The molecule has 0 aliphatic heterocycles. The lowest BCUT2D eigenvalue weighted by molar-refractivity contribution is 0.371.